The molecular formula is C32H35F3N6O2. The largest absolute Gasteiger partial charge is 0.455 e. The molecule has 5 heterocycles. The van der Waals surface area contributed by atoms with Crippen LogP contribution >= 0.6 is 0 Å². The molecule has 0 bridgehead atoms. The third-order valence-corrected chi connectivity index (χ3v) is 8.51. The first kappa shape index (κ1) is 29.1. The minimum atomic E-state index is -4.50. The van der Waals surface area contributed by atoms with E-state index in [4.69, 9.17) is 4.74 Å². The summed E-state index contributed by atoms with van der Waals surface area (Å²) in [4.78, 5) is 31.5. The van der Waals surface area contributed by atoms with Crippen molar-refractivity contribution in [3.05, 3.63) is 82.9 Å². The molecule has 0 aliphatic carbocycles. The third kappa shape index (κ3) is 6.37. The van der Waals surface area contributed by atoms with Crippen LogP contribution in [0.3, 0.4) is 0 Å². The van der Waals surface area contributed by atoms with E-state index in [1.54, 1.807) is 41.7 Å². The second kappa shape index (κ2) is 12.0. The van der Waals surface area contributed by atoms with E-state index < -0.39 is 11.7 Å². The lowest BCUT2D eigenvalue weighted by atomic mass is 9.97. The lowest BCUT2D eigenvalue weighted by molar-refractivity contribution is -0.139. The van der Waals surface area contributed by atoms with Gasteiger partial charge >= 0.3 is 6.18 Å². The molecule has 3 aromatic heterocycles. The van der Waals surface area contributed by atoms with Crippen LogP contribution in [0.5, 0.6) is 11.5 Å². The van der Waals surface area contributed by atoms with Gasteiger partial charge in [-0.15, -0.1) is 0 Å². The van der Waals surface area contributed by atoms with Crippen LogP contribution in [0.1, 0.15) is 41.8 Å². The Bertz CT molecular complexity index is 1610. The van der Waals surface area contributed by atoms with Gasteiger partial charge in [-0.25, -0.2) is 4.98 Å². The van der Waals surface area contributed by atoms with Crippen LogP contribution in [0, 0.1) is 0 Å². The molecule has 0 unspecified atom stereocenters. The zero-order valence-corrected chi connectivity index (χ0v) is 24.3. The number of aromatic amines is 1. The first-order valence-electron chi connectivity index (χ1n) is 14.7. The molecule has 2 aliphatic rings. The number of nitrogens with one attached hydrogen (secondary N) is 1. The maximum atomic E-state index is 14.1. The van der Waals surface area contributed by atoms with Crippen LogP contribution in [-0.2, 0) is 36.9 Å². The Morgan fingerprint density at radius 3 is 2.63 bits per heavy atom. The molecule has 1 fully saturated rings. The van der Waals surface area contributed by atoms with Gasteiger partial charge in [-0.2, -0.15) is 13.2 Å². The Balaban J connectivity index is 1.16. The fraction of sp³-hybridized carbons (Fsp3) is 0.406. The fourth-order valence-corrected chi connectivity index (χ4v) is 6.02. The standard InChI is InChI=1S/C32H35F3N6O2/c1-3-39-10-12-40(13-11-39)19-23-5-4-22(15-27(23)32(33,34)35)16-30(42)41-20-24-17-25(18-38-28(24)14-21(41)2)43-29-7-9-37-31-26(29)6-8-36-31/h4-9,15,17-18,21H,3,10-14,16,19-20H2,1-2H3,(H,36,37)/t21-/m0/s1. The number of carbonyl (C=O) groups excluding carboxylic acids is 1. The lowest BCUT2D eigenvalue weighted by Gasteiger charge is -2.35. The van der Waals surface area contributed by atoms with Crippen molar-refractivity contribution in [3.8, 4) is 11.5 Å². The number of hydrogen-bond acceptors (Lipinski definition) is 6. The highest BCUT2D eigenvalue weighted by Gasteiger charge is 2.35. The van der Waals surface area contributed by atoms with E-state index in [0.29, 0.717) is 35.7 Å². The Kier molecular flexibility index (Phi) is 8.11. The Morgan fingerprint density at radius 1 is 1.07 bits per heavy atom. The van der Waals surface area contributed by atoms with Gasteiger partial charge in [-0.1, -0.05) is 19.1 Å². The van der Waals surface area contributed by atoms with Gasteiger partial charge in [0.15, 0.2) is 0 Å². The van der Waals surface area contributed by atoms with Gasteiger partial charge in [-0.3, -0.25) is 14.7 Å². The first-order chi connectivity index (χ1) is 20.7. The molecule has 1 aromatic carbocycles. The summed E-state index contributed by atoms with van der Waals surface area (Å²) in [6.45, 7) is 8.71. The second-order valence-corrected chi connectivity index (χ2v) is 11.4. The molecule has 1 atom stereocenters. The quantitative estimate of drug-likeness (QED) is 0.309. The molecule has 6 rings (SSSR count). The van der Waals surface area contributed by atoms with Crippen molar-refractivity contribution >= 4 is 16.9 Å². The number of carbonyl (C=O) groups is 1. The molecule has 0 saturated carbocycles. The molecule has 1 N–H and O–H groups in total. The molecule has 8 nitrogen and oxygen atoms in total. The summed E-state index contributed by atoms with van der Waals surface area (Å²) in [6.07, 6.45) is 1.07. The van der Waals surface area contributed by atoms with Crippen LogP contribution in [0.4, 0.5) is 13.2 Å². The number of alkyl halides is 3. The number of aromatic nitrogens is 3. The van der Waals surface area contributed by atoms with Crippen LogP contribution in [0.2, 0.25) is 0 Å². The number of rotatable bonds is 7. The maximum Gasteiger partial charge on any atom is 0.416 e. The Hall–Kier alpha value is -3.96. The van der Waals surface area contributed by atoms with Gasteiger partial charge in [0.1, 0.15) is 17.1 Å². The lowest BCUT2D eigenvalue weighted by Crippen LogP contribution is -2.45. The van der Waals surface area contributed by atoms with Gasteiger partial charge in [0.2, 0.25) is 5.91 Å². The molecule has 1 saturated heterocycles. The second-order valence-electron chi connectivity index (χ2n) is 11.4. The smallest absolute Gasteiger partial charge is 0.416 e. The van der Waals surface area contributed by atoms with Gasteiger partial charge in [0.25, 0.3) is 0 Å². The van der Waals surface area contributed by atoms with E-state index >= 15 is 0 Å². The summed E-state index contributed by atoms with van der Waals surface area (Å²) in [7, 11) is 0. The number of piperazine rings is 1. The normalized spacial score (nSPS) is 18.2. The predicted molar refractivity (Wildman–Crippen MR) is 157 cm³/mol. The molecule has 43 heavy (non-hydrogen) atoms. The molecule has 0 radical (unpaired) electrons. The van der Waals surface area contributed by atoms with E-state index in [1.807, 2.05) is 19.1 Å². The number of fused-ring (bicyclic) bond motifs is 2. The number of amides is 1. The number of halogens is 3. The molecule has 11 heteroatoms. The SMILES string of the molecule is CCN1CCN(Cc2ccc(CC(=O)N3Cc4cc(Oc5ccnc6[nH]ccc56)cnc4C[C@@H]3C)cc2C(F)(F)F)CC1. The molecule has 1 amide bonds. The Labute approximate surface area is 248 Å². The van der Waals surface area contributed by atoms with Crippen LogP contribution in [0.25, 0.3) is 11.0 Å². The summed E-state index contributed by atoms with van der Waals surface area (Å²) < 4.78 is 48.5. The maximum absolute atomic E-state index is 14.1. The first-order valence-corrected chi connectivity index (χ1v) is 14.7. The number of nitrogens with zero attached hydrogens (tertiary/aromatic N) is 5. The highest BCUT2D eigenvalue weighted by molar-refractivity contribution is 5.82. The molecule has 4 aromatic rings. The minimum absolute atomic E-state index is 0.107. The zero-order valence-electron chi connectivity index (χ0n) is 24.3. The van der Waals surface area contributed by atoms with Crippen LogP contribution in [0.15, 0.2) is 55.0 Å². The predicted octanol–water partition coefficient (Wildman–Crippen LogP) is 5.42. The number of likely N-dealkylation sites (N-methyl/N-ethyl adjacent to an activating group) is 1. The van der Waals surface area contributed by atoms with Gasteiger partial charge in [-0.05, 0) is 54.4 Å². The summed E-state index contributed by atoms with van der Waals surface area (Å²) in [5, 5.41) is 0.842. The van der Waals surface area contributed by atoms with Crippen molar-refractivity contribution in [2.45, 2.75) is 52.0 Å². The number of H-pyrrole nitrogens is 1. The van der Waals surface area contributed by atoms with Gasteiger partial charge < -0.3 is 19.5 Å². The van der Waals surface area contributed by atoms with E-state index in [-0.39, 0.29) is 30.5 Å². The number of ether oxygens (including phenoxy) is 1. The summed E-state index contributed by atoms with van der Waals surface area (Å²) in [5.41, 5.74) is 2.40. The summed E-state index contributed by atoms with van der Waals surface area (Å²) in [5.74, 6) is 0.956. The van der Waals surface area contributed by atoms with E-state index in [1.165, 1.54) is 0 Å². The molecule has 2 aliphatic heterocycles. The van der Waals surface area contributed by atoms with E-state index in [9.17, 15) is 18.0 Å². The van der Waals surface area contributed by atoms with Gasteiger partial charge in [0, 0.05) is 69.8 Å². The van der Waals surface area contributed by atoms with Crippen molar-refractivity contribution in [3.63, 3.8) is 0 Å². The van der Waals surface area contributed by atoms with Crippen LogP contribution in [-0.4, -0.2) is 74.3 Å². The minimum Gasteiger partial charge on any atom is -0.455 e. The number of pyridine rings is 2. The average molecular weight is 593 g/mol. The average Bonchev–Trinajstić information content (AvgIpc) is 3.48. The number of benzene rings is 1. The summed E-state index contributed by atoms with van der Waals surface area (Å²) in [6, 6.07) is 9.77. The molecule has 226 valence electrons. The van der Waals surface area contributed by atoms with Crippen molar-refractivity contribution in [2.24, 2.45) is 0 Å². The highest BCUT2D eigenvalue weighted by Crippen LogP contribution is 2.35. The molecular weight excluding hydrogens is 557 g/mol. The topological polar surface area (TPSA) is 77.6 Å². The molecule has 0 spiro atoms. The van der Waals surface area contributed by atoms with Crippen molar-refractivity contribution in [1.29, 1.82) is 0 Å². The van der Waals surface area contributed by atoms with Crippen molar-refractivity contribution in [2.75, 3.05) is 32.7 Å². The fourth-order valence-electron chi connectivity index (χ4n) is 6.02. The third-order valence-electron chi connectivity index (χ3n) is 8.51. The van der Waals surface area contributed by atoms with Gasteiger partial charge in [0.05, 0.1) is 23.6 Å². The summed E-state index contributed by atoms with van der Waals surface area (Å²) >= 11 is 0. The van der Waals surface area contributed by atoms with E-state index in [0.717, 1.165) is 55.4 Å². The Morgan fingerprint density at radius 2 is 1.86 bits per heavy atom. The highest BCUT2D eigenvalue weighted by atomic mass is 19.4. The number of hydrogen-bond donors (Lipinski definition) is 1. The van der Waals surface area contributed by atoms with Crippen molar-refractivity contribution < 1.29 is 22.7 Å². The van der Waals surface area contributed by atoms with E-state index in [2.05, 4.69) is 31.7 Å². The monoisotopic (exact) mass is 592 g/mol. The van der Waals surface area contributed by atoms with Crippen LogP contribution < -0.4 is 4.74 Å². The zero-order chi connectivity index (χ0) is 30.1. The van der Waals surface area contributed by atoms with Crippen molar-refractivity contribution in [1.82, 2.24) is 29.7 Å².